The van der Waals surface area contributed by atoms with Crippen molar-refractivity contribution in [3.05, 3.63) is 83.9 Å². The van der Waals surface area contributed by atoms with Crippen LogP contribution in [0.25, 0.3) is 21.5 Å². The molecule has 4 aromatic carbocycles. The first kappa shape index (κ1) is 57.9. The van der Waals surface area contributed by atoms with Crippen LogP contribution in [-0.4, -0.2) is 48.3 Å². The van der Waals surface area contributed by atoms with Gasteiger partial charge in [0.1, 0.15) is 13.2 Å². The normalized spacial score (nSPS) is 11.3. The predicted molar refractivity (Wildman–Crippen MR) is 295 cm³/mol. The van der Waals surface area contributed by atoms with Gasteiger partial charge in [-0.05, 0) is 41.3 Å². The Balaban J connectivity index is 1.16. The minimum absolute atomic E-state index is 0.0139. The molecule has 0 aliphatic rings. The van der Waals surface area contributed by atoms with Crippen LogP contribution in [0.4, 0.5) is 0 Å². The first-order chi connectivity index (χ1) is 34.3. The third kappa shape index (κ3) is 22.1. The lowest BCUT2D eigenvalue weighted by Crippen LogP contribution is -2.24. The second-order valence-corrected chi connectivity index (χ2v) is 20.1. The predicted octanol–water partition coefficient (Wildman–Crippen LogP) is 17.4. The number of carbonyl (C=O) groups is 2. The highest BCUT2D eigenvalue weighted by Crippen LogP contribution is 2.40. The molecule has 4 N–H and O–H groups in total. The minimum atomic E-state index is -0.340. The number of carbonyl (C=O) groups excluding carboxylic acids is 2. The first-order valence-corrected chi connectivity index (χ1v) is 28.3. The summed E-state index contributed by atoms with van der Waals surface area (Å²) >= 11 is 0. The standard InChI is InChI=1S/C62H94N2O6/c1-4-6-8-10-12-14-16-18-20-22-24-26-28-30-32-38-44-63-61(67)55-46-51-40-34-36-42-53(51)59(57(55)65)69-48-50(3)49-70-60-54-43-37-35-41-52(54)47-56(58(60)66)62(68)64-45-39-33-31-29-27-25-23-21-19-17-15-13-11-9-7-5-2/h34-37,40-43,46-47,65-66H,3-33,38-39,44-45,48-49H2,1-2H3,(H,63,67)(H,64,68). The first-order valence-electron chi connectivity index (χ1n) is 28.3. The summed E-state index contributed by atoms with van der Waals surface area (Å²) in [5.41, 5.74) is 0.852. The van der Waals surface area contributed by atoms with Crippen molar-refractivity contribution in [3.8, 4) is 23.0 Å². The molecular formula is C62H94N2O6. The van der Waals surface area contributed by atoms with Gasteiger partial charge in [-0.1, -0.05) is 262 Å². The van der Waals surface area contributed by atoms with Crippen molar-refractivity contribution in [1.82, 2.24) is 10.6 Å². The van der Waals surface area contributed by atoms with E-state index < -0.39 is 0 Å². The van der Waals surface area contributed by atoms with Crippen LogP contribution in [-0.2, 0) is 0 Å². The lowest BCUT2D eigenvalue weighted by atomic mass is 10.0. The summed E-state index contributed by atoms with van der Waals surface area (Å²) in [5, 5.41) is 31.8. The molecule has 2 amide bonds. The number of nitrogens with one attached hydrogen (secondary N) is 2. The fourth-order valence-electron chi connectivity index (χ4n) is 9.58. The maximum absolute atomic E-state index is 13.4. The molecule has 70 heavy (non-hydrogen) atoms. The van der Waals surface area contributed by atoms with Crippen molar-refractivity contribution in [2.24, 2.45) is 0 Å². The number of phenols is 2. The Bertz CT molecular complexity index is 1930. The summed E-state index contributed by atoms with van der Waals surface area (Å²) in [6, 6.07) is 18.4. The van der Waals surface area contributed by atoms with E-state index >= 15 is 0 Å². The molecule has 0 aromatic heterocycles. The summed E-state index contributed by atoms with van der Waals surface area (Å²) in [5.74, 6) is -0.732. The van der Waals surface area contributed by atoms with Crippen LogP contribution in [0.1, 0.15) is 240 Å². The van der Waals surface area contributed by atoms with Gasteiger partial charge < -0.3 is 30.3 Å². The molecule has 0 atom stereocenters. The fraction of sp³-hybridized carbons (Fsp3) is 0.613. The molecule has 8 nitrogen and oxygen atoms in total. The van der Waals surface area contributed by atoms with Crippen LogP contribution >= 0.6 is 0 Å². The van der Waals surface area contributed by atoms with Crippen molar-refractivity contribution in [1.29, 1.82) is 0 Å². The maximum Gasteiger partial charge on any atom is 0.255 e. The summed E-state index contributed by atoms with van der Waals surface area (Å²) in [6.45, 7) is 9.76. The topological polar surface area (TPSA) is 117 Å². The highest BCUT2D eigenvalue weighted by Gasteiger charge is 2.22. The molecule has 0 saturated heterocycles. The zero-order valence-electron chi connectivity index (χ0n) is 44.0. The lowest BCUT2D eigenvalue weighted by Gasteiger charge is -2.17. The Morgan fingerprint density at radius 1 is 0.429 bits per heavy atom. The van der Waals surface area contributed by atoms with Crippen molar-refractivity contribution in [2.45, 2.75) is 219 Å². The van der Waals surface area contributed by atoms with E-state index in [4.69, 9.17) is 9.47 Å². The summed E-state index contributed by atoms with van der Waals surface area (Å²) < 4.78 is 12.4. The van der Waals surface area contributed by atoms with Crippen LogP contribution < -0.4 is 20.1 Å². The number of aromatic hydroxyl groups is 2. The molecule has 0 bridgehead atoms. The van der Waals surface area contributed by atoms with E-state index in [0.717, 1.165) is 49.3 Å². The van der Waals surface area contributed by atoms with Gasteiger partial charge in [0.15, 0.2) is 23.0 Å². The van der Waals surface area contributed by atoms with Gasteiger partial charge in [0, 0.05) is 23.9 Å². The van der Waals surface area contributed by atoms with Gasteiger partial charge >= 0.3 is 0 Å². The molecule has 0 radical (unpaired) electrons. The molecular weight excluding hydrogens is 869 g/mol. The van der Waals surface area contributed by atoms with Gasteiger partial charge in [0.05, 0.1) is 11.1 Å². The number of unbranched alkanes of at least 4 members (excludes halogenated alkanes) is 30. The highest BCUT2D eigenvalue weighted by molar-refractivity contribution is 6.05. The summed E-state index contributed by atoms with van der Waals surface area (Å²) in [7, 11) is 0. The lowest BCUT2D eigenvalue weighted by molar-refractivity contribution is 0.0941. The summed E-state index contributed by atoms with van der Waals surface area (Å²) in [4.78, 5) is 26.8. The van der Waals surface area contributed by atoms with Gasteiger partial charge in [0.25, 0.3) is 11.8 Å². The third-order valence-electron chi connectivity index (χ3n) is 13.9. The summed E-state index contributed by atoms with van der Waals surface area (Å²) in [6.07, 6.45) is 41.4. The van der Waals surface area contributed by atoms with Gasteiger partial charge in [0.2, 0.25) is 0 Å². The van der Waals surface area contributed by atoms with E-state index in [9.17, 15) is 19.8 Å². The van der Waals surface area contributed by atoms with E-state index in [1.165, 1.54) is 167 Å². The Labute approximate surface area is 424 Å². The van der Waals surface area contributed by atoms with Crippen molar-refractivity contribution >= 4 is 33.4 Å². The number of phenolic OH excluding ortho intramolecular Hbond substituents is 2. The zero-order chi connectivity index (χ0) is 49.9. The molecule has 4 aromatic rings. The SMILES string of the molecule is C=C(COc1c(O)c(C(=O)NCCCCCCCCCCCCCCCCCC)cc2ccccc12)COc1c(O)c(C(=O)NCCCCCCCCCCCCCCCCCC)cc2ccccc12. The Morgan fingerprint density at radius 2 is 0.700 bits per heavy atom. The molecule has 0 aliphatic heterocycles. The smallest absolute Gasteiger partial charge is 0.255 e. The maximum atomic E-state index is 13.4. The van der Waals surface area contributed by atoms with Crippen LogP contribution in [0.2, 0.25) is 0 Å². The molecule has 0 spiro atoms. The molecule has 0 unspecified atom stereocenters. The van der Waals surface area contributed by atoms with E-state index in [-0.39, 0.29) is 59.2 Å². The third-order valence-corrected chi connectivity index (χ3v) is 13.9. The van der Waals surface area contributed by atoms with Crippen molar-refractivity contribution < 1.29 is 29.3 Å². The second kappa shape index (κ2) is 36.2. The Hall–Kier alpha value is -4.72. The Morgan fingerprint density at radius 3 is 1.00 bits per heavy atom. The molecule has 8 heteroatoms. The van der Waals surface area contributed by atoms with Crippen LogP contribution in [0.15, 0.2) is 72.8 Å². The second-order valence-electron chi connectivity index (χ2n) is 20.1. The van der Waals surface area contributed by atoms with Crippen molar-refractivity contribution in [3.63, 3.8) is 0 Å². The molecule has 4 rings (SSSR count). The number of benzene rings is 4. The van der Waals surface area contributed by atoms with E-state index in [1.54, 1.807) is 12.1 Å². The molecule has 0 heterocycles. The fourth-order valence-corrected chi connectivity index (χ4v) is 9.58. The van der Waals surface area contributed by atoms with Crippen molar-refractivity contribution in [2.75, 3.05) is 26.3 Å². The molecule has 388 valence electrons. The minimum Gasteiger partial charge on any atom is -0.504 e. The average Bonchev–Trinajstić information content (AvgIpc) is 3.37. The van der Waals surface area contributed by atoms with Crippen LogP contribution in [0.3, 0.4) is 0 Å². The number of ether oxygens (including phenoxy) is 2. The van der Waals surface area contributed by atoms with Crippen LogP contribution in [0.5, 0.6) is 23.0 Å². The monoisotopic (exact) mass is 963 g/mol. The number of amides is 2. The highest BCUT2D eigenvalue weighted by atomic mass is 16.5. The molecule has 0 saturated carbocycles. The Kier molecular flexibility index (Phi) is 30.0. The van der Waals surface area contributed by atoms with E-state index in [2.05, 4.69) is 31.1 Å². The van der Waals surface area contributed by atoms with Gasteiger partial charge in [-0.15, -0.1) is 0 Å². The zero-order valence-corrected chi connectivity index (χ0v) is 44.0. The van der Waals surface area contributed by atoms with Gasteiger partial charge in [-0.2, -0.15) is 0 Å². The number of hydrogen-bond acceptors (Lipinski definition) is 6. The number of fused-ring (bicyclic) bond motifs is 2. The number of hydrogen-bond donors (Lipinski definition) is 4. The quantitative estimate of drug-likeness (QED) is 0.0260. The largest absolute Gasteiger partial charge is 0.504 e. The van der Waals surface area contributed by atoms with Crippen LogP contribution in [0, 0.1) is 0 Å². The van der Waals surface area contributed by atoms with E-state index in [1.807, 2.05) is 48.5 Å². The number of rotatable bonds is 42. The average molecular weight is 963 g/mol. The van der Waals surface area contributed by atoms with Gasteiger partial charge in [-0.3, -0.25) is 9.59 Å². The molecule has 0 aliphatic carbocycles. The van der Waals surface area contributed by atoms with E-state index in [0.29, 0.717) is 29.4 Å². The van der Waals surface area contributed by atoms with Gasteiger partial charge in [-0.25, -0.2) is 0 Å². The molecule has 0 fully saturated rings.